The summed E-state index contributed by atoms with van der Waals surface area (Å²) in [5.41, 5.74) is 0. The Kier molecular flexibility index (Phi) is 5.84. The number of rotatable bonds is 2. The smallest absolute Gasteiger partial charge is 0.0215 e. The number of thiol groups is 1. The van der Waals surface area contributed by atoms with Gasteiger partial charge in [-0.05, 0) is 6.92 Å². The molecule has 0 radical (unpaired) electrons. The average Bonchev–Trinajstić information content (AvgIpc) is 1.61. The zero-order valence-corrected chi connectivity index (χ0v) is 5.43. The fourth-order valence-electron chi connectivity index (χ4n) is 0.139. The predicted molar refractivity (Wildman–Crippen MR) is 36.3 cm³/mol. The van der Waals surface area contributed by atoms with Crippen LogP contribution in [0.15, 0.2) is 12.2 Å². The third kappa shape index (κ3) is 4.44. The summed E-state index contributed by atoms with van der Waals surface area (Å²) in [6, 6.07) is 0. The van der Waals surface area contributed by atoms with Crippen LogP contribution in [0.3, 0.4) is 0 Å². The van der Waals surface area contributed by atoms with Gasteiger partial charge in [0.05, 0.1) is 0 Å². The summed E-state index contributed by atoms with van der Waals surface area (Å²) in [7, 11) is 1.53. The second-order valence-corrected chi connectivity index (χ2v) is 2.23. The molecule has 0 aliphatic carbocycles. The van der Waals surface area contributed by atoms with Gasteiger partial charge in [-0.2, -0.15) is 0 Å². The van der Waals surface area contributed by atoms with E-state index in [-0.39, 0.29) is 0 Å². The van der Waals surface area contributed by atoms with Crippen molar-refractivity contribution in [2.75, 3.05) is 5.75 Å². The van der Waals surface area contributed by atoms with Crippen LogP contribution < -0.4 is 0 Å². The molecule has 0 spiro atoms. The van der Waals surface area contributed by atoms with Gasteiger partial charge in [-0.15, -0.1) is 11.7 Å². The van der Waals surface area contributed by atoms with Gasteiger partial charge < -0.3 is 0 Å². The molecule has 0 rings (SSSR count). The Balaban J connectivity index is 2.66. The standard InChI is InChI=1S/C4H8S2/c1-2-3-4-6-5/h2-3,5H,4H2,1H3/b3-2+. The van der Waals surface area contributed by atoms with E-state index in [9.17, 15) is 0 Å². The lowest BCUT2D eigenvalue weighted by atomic mass is 10.6. The fraction of sp³-hybridized carbons (Fsp3) is 0.500. The van der Waals surface area contributed by atoms with E-state index < -0.39 is 0 Å². The summed E-state index contributed by atoms with van der Waals surface area (Å²) in [6.07, 6.45) is 4.08. The summed E-state index contributed by atoms with van der Waals surface area (Å²) < 4.78 is 0. The molecule has 2 heteroatoms. The highest BCUT2D eigenvalue weighted by Crippen LogP contribution is 2.02. The maximum Gasteiger partial charge on any atom is 0.0215 e. The average molecular weight is 120 g/mol. The molecule has 0 atom stereocenters. The second-order valence-electron chi connectivity index (χ2n) is 0.865. The van der Waals surface area contributed by atoms with Gasteiger partial charge in [0.1, 0.15) is 0 Å². The lowest BCUT2D eigenvalue weighted by Crippen LogP contribution is -1.56. The third-order valence-corrected chi connectivity index (χ3v) is 1.20. The number of hydrogen-bond donors (Lipinski definition) is 1. The first-order chi connectivity index (χ1) is 2.91. The Morgan fingerprint density at radius 3 is 2.67 bits per heavy atom. The van der Waals surface area contributed by atoms with Crippen LogP contribution in [0.2, 0.25) is 0 Å². The first kappa shape index (κ1) is 6.44. The molecule has 0 unspecified atom stereocenters. The highest BCUT2D eigenvalue weighted by Gasteiger charge is 1.65. The first-order valence-corrected chi connectivity index (χ1v) is 3.83. The Bertz CT molecular complexity index is 40.8. The van der Waals surface area contributed by atoms with Crippen molar-refractivity contribution < 1.29 is 0 Å². The molecule has 0 nitrogen and oxygen atoms in total. The van der Waals surface area contributed by atoms with Gasteiger partial charge in [0.25, 0.3) is 0 Å². The van der Waals surface area contributed by atoms with E-state index >= 15 is 0 Å². The number of allylic oxidation sites excluding steroid dienone is 1. The Labute approximate surface area is 47.8 Å². The Morgan fingerprint density at radius 2 is 2.50 bits per heavy atom. The molecule has 0 amide bonds. The van der Waals surface area contributed by atoms with Crippen molar-refractivity contribution in [3.05, 3.63) is 12.2 Å². The van der Waals surface area contributed by atoms with Gasteiger partial charge in [0.15, 0.2) is 0 Å². The quantitative estimate of drug-likeness (QED) is 0.331. The molecule has 0 bridgehead atoms. The molecule has 0 aromatic carbocycles. The van der Waals surface area contributed by atoms with Gasteiger partial charge in [0.2, 0.25) is 0 Å². The fourth-order valence-corrected chi connectivity index (χ4v) is 0.676. The minimum atomic E-state index is 1.01. The maximum absolute atomic E-state index is 3.92. The monoisotopic (exact) mass is 120 g/mol. The summed E-state index contributed by atoms with van der Waals surface area (Å²) in [6.45, 7) is 2.00. The first-order valence-electron chi connectivity index (χ1n) is 1.79. The predicted octanol–water partition coefficient (Wildman–Crippen LogP) is 2.14. The second kappa shape index (κ2) is 5.44. The van der Waals surface area contributed by atoms with Crippen molar-refractivity contribution in [3.63, 3.8) is 0 Å². The van der Waals surface area contributed by atoms with E-state index in [1.165, 1.54) is 10.8 Å². The van der Waals surface area contributed by atoms with Crippen molar-refractivity contribution in [1.82, 2.24) is 0 Å². The molecule has 0 saturated heterocycles. The van der Waals surface area contributed by atoms with Gasteiger partial charge >= 0.3 is 0 Å². The largest absolute Gasteiger partial charge is 0.111 e. The summed E-state index contributed by atoms with van der Waals surface area (Å²) in [5.74, 6) is 1.01. The van der Waals surface area contributed by atoms with E-state index in [0.29, 0.717) is 0 Å². The third-order valence-electron chi connectivity index (χ3n) is 0.406. The van der Waals surface area contributed by atoms with Crippen LogP contribution in [0.25, 0.3) is 0 Å². The van der Waals surface area contributed by atoms with Crippen molar-refractivity contribution >= 4 is 22.5 Å². The molecule has 0 saturated carbocycles. The molecular weight excluding hydrogens is 112 g/mol. The van der Waals surface area contributed by atoms with Crippen LogP contribution in [0.5, 0.6) is 0 Å². The molecule has 36 valence electrons. The summed E-state index contributed by atoms with van der Waals surface area (Å²) in [5, 5.41) is 0. The van der Waals surface area contributed by atoms with E-state index in [0.717, 1.165) is 5.75 Å². The van der Waals surface area contributed by atoms with Crippen LogP contribution in [0.4, 0.5) is 0 Å². The maximum atomic E-state index is 3.92. The van der Waals surface area contributed by atoms with Crippen LogP contribution in [-0.2, 0) is 0 Å². The Hall–Kier alpha value is 0.440. The van der Waals surface area contributed by atoms with Gasteiger partial charge in [-0.1, -0.05) is 22.9 Å². The molecule has 0 heterocycles. The molecular formula is C4H8S2. The minimum Gasteiger partial charge on any atom is -0.111 e. The minimum absolute atomic E-state index is 1.01. The summed E-state index contributed by atoms with van der Waals surface area (Å²) in [4.78, 5) is 0. The molecule has 0 aromatic heterocycles. The lowest BCUT2D eigenvalue weighted by Gasteiger charge is -1.75. The van der Waals surface area contributed by atoms with E-state index in [1.807, 2.05) is 13.0 Å². The van der Waals surface area contributed by atoms with Crippen molar-refractivity contribution in [2.45, 2.75) is 6.92 Å². The topological polar surface area (TPSA) is 0 Å². The van der Waals surface area contributed by atoms with Crippen LogP contribution >= 0.6 is 22.5 Å². The molecule has 6 heavy (non-hydrogen) atoms. The van der Waals surface area contributed by atoms with Gasteiger partial charge in [-0.25, -0.2) is 0 Å². The zero-order chi connectivity index (χ0) is 4.83. The van der Waals surface area contributed by atoms with Crippen LogP contribution in [0.1, 0.15) is 6.92 Å². The van der Waals surface area contributed by atoms with Crippen LogP contribution in [-0.4, -0.2) is 5.75 Å². The van der Waals surface area contributed by atoms with Crippen molar-refractivity contribution in [3.8, 4) is 0 Å². The molecule has 0 fully saturated rings. The normalized spacial score (nSPS) is 10.3. The highest BCUT2D eigenvalue weighted by molar-refractivity contribution is 8.68. The lowest BCUT2D eigenvalue weighted by molar-refractivity contribution is 1.66. The molecule has 0 aliphatic rings. The van der Waals surface area contributed by atoms with Gasteiger partial charge in [0, 0.05) is 5.75 Å². The van der Waals surface area contributed by atoms with Crippen LogP contribution in [0, 0.1) is 0 Å². The van der Waals surface area contributed by atoms with Crippen molar-refractivity contribution in [2.24, 2.45) is 0 Å². The Morgan fingerprint density at radius 1 is 1.83 bits per heavy atom. The summed E-state index contributed by atoms with van der Waals surface area (Å²) >= 11 is 3.92. The van der Waals surface area contributed by atoms with Gasteiger partial charge in [-0.3, -0.25) is 0 Å². The number of hydrogen-bond acceptors (Lipinski definition) is 2. The molecule has 0 N–H and O–H groups in total. The van der Waals surface area contributed by atoms with Crippen molar-refractivity contribution in [1.29, 1.82) is 0 Å². The van der Waals surface area contributed by atoms with E-state index in [4.69, 9.17) is 0 Å². The molecule has 0 aromatic rings. The molecule has 0 aliphatic heterocycles. The highest BCUT2D eigenvalue weighted by atomic mass is 33.1. The van der Waals surface area contributed by atoms with E-state index in [1.54, 1.807) is 0 Å². The zero-order valence-electron chi connectivity index (χ0n) is 3.72. The van der Waals surface area contributed by atoms with E-state index in [2.05, 4.69) is 17.7 Å². The SMILES string of the molecule is C/C=C/CSS.